The molecule has 0 spiro atoms. The quantitative estimate of drug-likeness (QED) is 0.679. The average molecular weight is 378 g/mol. The molecule has 1 aromatic carbocycles. The van der Waals surface area contributed by atoms with Gasteiger partial charge in [-0.15, -0.1) is 0 Å². The number of halogens is 2. The Morgan fingerprint density at radius 3 is 2.32 bits per heavy atom. The summed E-state index contributed by atoms with van der Waals surface area (Å²) in [6.45, 7) is 3.81. The van der Waals surface area contributed by atoms with Gasteiger partial charge in [-0.1, -0.05) is 19.9 Å². The van der Waals surface area contributed by atoms with Crippen LogP contribution in [0.2, 0.25) is 0 Å². The molecule has 1 unspecified atom stereocenters. The normalized spacial score (nSPS) is 13.0. The summed E-state index contributed by atoms with van der Waals surface area (Å²) in [4.78, 5) is 22.9. The molecule has 0 saturated heterocycles. The van der Waals surface area contributed by atoms with E-state index in [2.05, 4.69) is 0 Å². The Balaban J connectivity index is 3.08. The highest BCUT2D eigenvalue weighted by Gasteiger charge is 2.26. The molecule has 0 saturated carbocycles. The number of carbonyl (C=O) groups excluding carboxylic acids is 1. The molecule has 7 nitrogen and oxygen atoms in total. The van der Waals surface area contributed by atoms with E-state index < -0.39 is 40.8 Å². The van der Waals surface area contributed by atoms with E-state index in [9.17, 15) is 26.8 Å². The van der Waals surface area contributed by atoms with Crippen LogP contribution in [0.15, 0.2) is 29.2 Å². The third-order valence-electron chi connectivity index (χ3n) is 3.46. The SMILES string of the molecule is CCN(CC)S(=O)(=O)c1cccc(C(=O)NC(CC(F)F)C(=O)O)c1. The van der Waals surface area contributed by atoms with Crippen molar-refractivity contribution in [3.05, 3.63) is 29.8 Å². The number of hydrogen-bond donors (Lipinski definition) is 2. The number of nitrogens with zero attached hydrogens (tertiary/aromatic N) is 1. The molecule has 1 rings (SSSR count). The number of aliphatic carboxylic acids is 1. The van der Waals surface area contributed by atoms with Crippen LogP contribution in [0.3, 0.4) is 0 Å². The van der Waals surface area contributed by atoms with Crippen LogP contribution in [0.4, 0.5) is 8.78 Å². The molecule has 0 aliphatic carbocycles. The second-order valence-corrected chi connectivity index (χ2v) is 7.05. The maximum absolute atomic E-state index is 12.4. The van der Waals surface area contributed by atoms with Crippen molar-refractivity contribution in [1.82, 2.24) is 9.62 Å². The number of nitrogens with one attached hydrogen (secondary N) is 1. The van der Waals surface area contributed by atoms with Crippen LogP contribution in [0.1, 0.15) is 30.6 Å². The third-order valence-corrected chi connectivity index (χ3v) is 5.50. The van der Waals surface area contributed by atoms with E-state index in [1.54, 1.807) is 13.8 Å². The number of hydrogen-bond acceptors (Lipinski definition) is 4. The molecule has 2 N–H and O–H groups in total. The van der Waals surface area contributed by atoms with Crippen molar-refractivity contribution in [1.29, 1.82) is 0 Å². The van der Waals surface area contributed by atoms with Gasteiger partial charge in [-0.25, -0.2) is 22.0 Å². The molecular weight excluding hydrogens is 358 g/mol. The van der Waals surface area contributed by atoms with E-state index in [0.717, 1.165) is 6.07 Å². The zero-order chi connectivity index (χ0) is 19.2. The van der Waals surface area contributed by atoms with Crippen molar-refractivity contribution in [3.63, 3.8) is 0 Å². The lowest BCUT2D eigenvalue weighted by molar-refractivity contribution is -0.140. The molecule has 10 heteroatoms. The van der Waals surface area contributed by atoms with Gasteiger partial charge in [0.05, 0.1) is 4.90 Å². The summed E-state index contributed by atoms with van der Waals surface area (Å²) in [7, 11) is -3.80. The number of benzene rings is 1. The Morgan fingerprint density at radius 1 is 1.24 bits per heavy atom. The number of alkyl halides is 2. The highest BCUT2D eigenvalue weighted by atomic mass is 32.2. The minimum absolute atomic E-state index is 0.131. The summed E-state index contributed by atoms with van der Waals surface area (Å²) in [5.41, 5.74) is -0.131. The molecule has 0 aromatic heterocycles. The fraction of sp³-hybridized carbons (Fsp3) is 0.467. The molecule has 1 amide bonds. The Bertz CT molecular complexity index is 720. The van der Waals surface area contributed by atoms with Crippen LogP contribution in [0.5, 0.6) is 0 Å². The first-order chi connectivity index (χ1) is 11.6. The van der Waals surface area contributed by atoms with Gasteiger partial charge in [0.1, 0.15) is 6.04 Å². The van der Waals surface area contributed by atoms with Gasteiger partial charge in [0, 0.05) is 25.1 Å². The van der Waals surface area contributed by atoms with Crippen LogP contribution < -0.4 is 5.32 Å². The molecule has 0 bridgehead atoms. The Labute approximate surface area is 144 Å². The zero-order valence-corrected chi connectivity index (χ0v) is 14.6. The lowest BCUT2D eigenvalue weighted by Crippen LogP contribution is -2.42. The minimum atomic E-state index is -3.80. The first kappa shape index (κ1) is 21.0. The fourth-order valence-electron chi connectivity index (χ4n) is 2.15. The molecule has 140 valence electrons. The summed E-state index contributed by atoms with van der Waals surface area (Å²) < 4.78 is 50.9. The average Bonchev–Trinajstić information content (AvgIpc) is 2.54. The predicted molar refractivity (Wildman–Crippen MR) is 86.1 cm³/mol. The maximum atomic E-state index is 12.4. The lowest BCUT2D eigenvalue weighted by atomic mass is 10.1. The van der Waals surface area contributed by atoms with Crippen molar-refractivity contribution in [2.24, 2.45) is 0 Å². The van der Waals surface area contributed by atoms with Gasteiger partial charge in [-0.2, -0.15) is 4.31 Å². The zero-order valence-electron chi connectivity index (χ0n) is 13.8. The third kappa shape index (κ3) is 5.46. The highest BCUT2D eigenvalue weighted by molar-refractivity contribution is 7.89. The molecule has 1 atom stereocenters. The van der Waals surface area contributed by atoms with Crippen LogP contribution in [-0.4, -0.2) is 55.3 Å². The van der Waals surface area contributed by atoms with Crippen molar-refractivity contribution in [2.75, 3.05) is 13.1 Å². The number of carbonyl (C=O) groups is 2. The van der Waals surface area contributed by atoms with Crippen molar-refractivity contribution in [3.8, 4) is 0 Å². The largest absolute Gasteiger partial charge is 0.480 e. The fourth-order valence-corrected chi connectivity index (χ4v) is 3.66. The van der Waals surface area contributed by atoms with E-state index in [1.165, 1.54) is 22.5 Å². The lowest BCUT2D eigenvalue weighted by Gasteiger charge is -2.19. The van der Waals surface area contributed by atoms with Crippen molar-refractivity contribution in [2.45, 2.75) is 37.6 Å². The van der Waals surface area contributed by atoms with Crippen molar-refractivity contribution >= 4 is 21.9 Å². The Morgan fingerprint density at radius 2 is 1.84 bits per heavy atom. The first-order valence-electron chi connectivity index (χ1n) is 7.55. The number of carboxylic acid groups (broad SMARTS) is 1. The molecule has 1 aromatic rings. The number of carboxylic acids is 1. The van der Waals surface area contributed by atoms with Crippen LogP contribution in [0, 0.1) is 0 Å². The van der Waals surface area contributed by atoms with Crippen LogP contribution in [-0.2, 0) is 14.8 Å². The predicted octanol–water partition coefficient (Wildman–Crippen LogP) is 1.56. The summed E-state index contributed by atoms with van der Waals surface area (Å²) in [5, 5.41) is 10.9. The second kappa shape index (κ2) is 8.86. The second-order valence-electron chi connectivity index (χ2n) is 5.11. The van der Waals surface area contributed by atoms with E-state index in [4.69, 9.17) is 5.11 Å². The van der Waals surface area contributed by atoms with Crippen LogP contribution in [0.25, 0.3) is 0 Å². The molecule has 0 fully saturated rings. The standard InChI is InChI=1S/C15H20F2N2O5S/c1-3-19(4-2)25(23,24)11-7-5-6-10(8-11)14(20)18-12(15(21)22)9-13(16)17/h5-8,12-13H,3-4,9H2,1-2H3,(H,18,20)(H,21,22). The van der Waals surface area contributed by atoms with Crippen molar-refractivity contribution < 1.29 is 31.9 Å². The van der Waals surface area contributed by atoms with Gasteiger partial charge in [0.15, 0.2) is 0 Å². The van der Waals surface area contributed by atoms with E-state index >= 15 is 0 Å². The molecule has 0 aliphatic rings. The summed E-state index contributed by atoms with van der Waals surface area (Å²) in [6, 6.07) is 3.23. The molecule has 0 aliphatic heterocycles. The Kier molecular flexibility index (Phi) is 7.43. The topological polar surface area (TPSA) is 104 Å². The van der Waals surface area contributed by atoms with E-state index in [0.29, 0.717) is 0 Å². The van der Waals surface area contributed by atoms with Gasteiger partial charge in [-0.05, 0) is 18.2 Å². The van der Waals surface area contributed by atoms with Gasteiger partial charge >= 0.3 is 5.97 Å². The minimum Gasteiger partial charge on any atom is -0.480 e. The first-order valence-corrected chi connectivity index (χ1v) is 8.99. The van der Waals surface area contributed by atoms with Gasteiger partial charge in [0.2, 0.25) is 16.4 Å². The monoisotopic (exact) mass is 378 g/mol. The van der Waals surface area contributed by atoms with E-state index in [1.807, 2.05) is 5.32 Å². The number of rotatable bonds is 9. The summed E-state index contributed by atoms with van der Waals surface area (Å²) in [6.07, 6.45) is -3.95. The van der Waals surface area contributed by atoms with E-state index in [-0.39, 0.29) is 23.5 Å². The smallest absolute Gasteiger partial charge is 0.326 e. The van der Waals surface area contributed by atoms with Crippen LogP contribution >= 0.6 is 0 Å². The maximum Gasteiger partial charge on any atom is 0.326 e. The number of amides is 1. The van der Waals surface area contributed by atoms with Gasteiger partial charge in [0.25, 0.3) is 5.91 Å². The Hall–Kier alpha value is -2.07. The molecule has 25 heavy (non-hydrogen) atoms. The molecule has 0 heterocycles. The highest BCUT2D eigenvalue weighted by Crippen LogP contribution is 2.17. The van der Waals surface area contributed by atoms with Gasteiger partial charge in [-0.3, -0.25) is 4.79 Å². The number of sulfonamides is 1. The van der Waals surface area contributed by atoms with Gasteiger partial charge < -0.3 is 10.4 Å². The molecular formula is C15H20F2N2O5S. The summed E-state index contributed by atoms with van der Waals surface area (Å²) >= 11 is 0. The molecule has 0 radical (unpaired) electrons. The summed E-state index contributed by atoms with van der Waals surface area (Å²) in [5.74, 6) is -2.54.